The minimum absolute atomic E-state index is 0.304. The third kappa shape index (κ3) is 2.99. The SMILES string of the molecule is CNC(c1ccc(C2CCC2)cc1)C1CSCCO1. The van der Waals surface area contributed by atoms with Crippen LogP contribution in [-0.4, -0.2) is 31.3 Å². The molecule has 0 bridgehead atoms. The lowest BCUT2D eigenvalue weighted by Gasteiger charge is -2.31. The van der Waals surface area contributed by atoms with Crippen LogP contribution in [0.2, 0.25) is 0 Å². The molecule has 1 aromatic rings. The van der Waals surface area contributed by atoms with Crippen molar-refractivity contribution in [1.82, 2.24) is 5.32 Å². The number of hydrogen-bond donors (Lipinski definition) is 1. The van der Waals surface area contributed by atoms with E-state index in [1.165, 1.54) is 30.4 Å². The number of nitrogens with one attached hydrogen (secondary N) is 1. The van der Waals surface area contributed by atoms with Gasteiger partial charge in [-0.05, 0) is 36.9 Å². The molecule has 1 saturated carbocycles. The van der Waals surface area contributed by atoms with Crippen LogP contribution in [0.15, 0.2) is 24.3 Å². The summed E-state index contributed by atoms with van der Waals surface area (Å²) in [7, 11) is 2.03. The zero-order valence-electron chi connectivity index (χ0n) is 11.6. The summed E-state index contributed by atoms with van der Waals surface area (Å²) < 4.78 is 5.91. The van der Waals surface area contributed by atoms with Gasteiger partial charge in [0.05, 0.1) is 18.8 Å². The Labute approximate surface area is 120 Å². The first-order valence-electron chi connectivity index (χ1n) is 7.35. The van der Waals surface area contributed by atoms with Crippen molar-refractivity contribution in [2.24, 2.45) is 0 Å². The highest BCUT2D eigenvalue weighted by Gasteiger charge is 2.25. The highest BCUT2D eigenvalue weighted by atomic mass is 32.2. The van der Waals surface area contributed by atoms with Crippen LogP contribution < -0.4 is 5.32 Å². The lowest BCUT2D eigenvalue weighted by atomic mass is 9.80. The van der Waals surface area contributed by atoms with Crippen LogP contribution in [0, 0.1) is 0 Å². The van der Waals surface area contributed by atoms with Crippen molar-refractivity contribution < 1.29 is 4.74 Å². The molecule has 1 N–H and O–H groups in total. The highest BCUT2D eigenvalue weighted by Crippen LogP contribution is 2.36. The standard InChI is InChI=1S/C16H23NOS/c1-17-16(15-11-19-10-9-18-15)14-7-5-13(6-8-14)12-3-2-4-12/h5-8,12,15-17H,2-4,9-11H2,1H3. The quantitative estimate of drug-likeness (QED) is 0.912. The Morgan fingerprint density at radius 1 is 1.26 bits per heavy atom. The van der Waals surface area contributed by atoms with Crippen LogP contribution in [0.25, 0.3) is 0 Å². The topological polar surface area (TPSA) is 21.3 Å². The number of ether oxygens (including phenoxy) is 1. The lowest BCUT2D eigenvalue weighted by molar-refractivity contribution is 0.0488. The molecule has 3 heteroatoms. The van der Waals surface area contributed by atoms with Crippen molar-refractivity contribution in [3.05, 3.63) is 35.4 Å². The summed E-state index contributed by atoms with van der Waals surface area (Å²) in [4.78, 5) is 0. The fourth-order valence-electron chi connectivity index (χ4n) is 2.98. The molecule has 1 saturated heterocycles. The van der Waals surface area contributed by atoms with Crippen molar-refractivity contribution in [3.63, 3.8) is 0 Å². The van der Waals surface area contributed by atoms with Crippen LogP contribution in [0.1, 0.15) is 42.3 Å². The summed E-state index contributed by atoms with van der Waals surface area (Å²) in [5.74, 6) is 3.05. The Morgan fingerprint density at radius 2 is 2.05 bits per heavy atom. The summed E-state index contributed by atoms with van der Waals surface area (Å²) in [6.07, 6.45) is 4.45. The maximum Gasteiger partial charge on any atom is 0.0860 e. The van der Waals surface area contributed by atoms with E-state index in [1.54, 1.807) is 0 Å². The monoisotopic (exact) mass is 277 g/mol. The number of rotatable bonds is 4. The van der Waals surface area contributed by atoms with E-state index in [2.05, 4.69) is 29.6 Å². The van der Waals surface area contributed by atoms with Gasteiger partial charge < -0.3 is 10.1 Å². The first-order chi connectivity index (χ1) is 9.38. The summed E-state index contributed by atoms with van der Waals surface area (Å²) in [6.45, 7) is 0.883. The van der Waals surface area contributed by atoms with Gasteiger partial charge in [-0.25, -0.2) is 0 Å². The molecule has 2 aliphatic rings. The van der Waals surface area contributed by atoms with Crippen LogP contribution in [0.4, 0.5) is 0 Å². The van der Waals surface area contributed by atoms with E-state index in [4.69, 9.17) is 4.74 Å². The van der Waals surface area contributed by atoms with Gasteiger partial charge in [0, 0.05) is 11.5 Å². The first kappa shape index (κ1) is 13.5. The molecule has 2 nitrogen and oxygen atoms in total. The van der Waals surface area contributed by atoms with Crippen molar-refractivity contribution in [1.29, 1.82) is 0 Å². The minimum atomic E-state index is 0.304. The molecule has 2 fully saturated rings. The third-order valence-electron chi connectivity index (χ3n) is 4.40. The molecule has 1 aliphatic heterocycles. The van der Waals surface area contributed by atoms with Crippen LogP contribution >= 0.6 is 11.8 Å². The van der Waals surface area contributed by atoms with Gasteiger partial charge in [0.15, 0.2) is 0 Å². The largest absolute Gasteiger partial charge is 0.375 e. The molecule has 0 aromatic heterocycles. The van der Waals surface area contributed by atoms with Gasteiger partial charge in [-0.15, -0.1) is 0 Å². The molecule has 0 radical (unpaired) electrons. The van der Waals surface area contributed by atoms with Gasteiger partial charge in [-0.2, -0.15) is 11.8 Å². The van der Waals surface area contributed by atoms with Crippen molar-refractivity contribution in [3.8, 4) is 0 Å². The highest BCUT2D eigenvalue weighted by molar-refractivity contribution is 7.99. The zero-order chi connectivity index (χ0) is 13.1. The fourth-order valence-corrected chi connectivity index (χ4v) is 3.88. The van der Waals surface area contributed by atoms with Gasteiger partial charge in [0.2, 0.25) is 0 Å². The van der Waals surface area contributed by atoms with E-state index in [-0.39, 0.29) is 0 Å². The predicted octanol–water partition coefficient (Wildman–Crippen LogP) is 3.35. The van der Waals surface area contributed by atoms with E-state index < -0.39 is 0 Å². The number of likely N-dealkylation sites (N-methyl/N-ethyl adjacent to an activating group) is 1. The first-order valence-corrected chi connectivity index (χ1v) is 8.50. The summed E-state index contributed by atoms with van der Waals surface area (Å²) in [5.41, 5.74) is 2.88. The number of benzene rings is 1. The molecule has 2 atom stereocenters. The van der Waals surface area contributed by atoms with Gasteiger partial charge in [0.25, 0.3) is 0 Å². The summed E-state index contributed by atoms with van der Waals surface area (Å²) in [6, 6.07) is 9.54. The van der Waals surface area contributed by atoms with Crippen molar-refractivity contribution in [2.75, 3.05) is 25.2 Å². The second-order valence-corrected chi connectivity index (χ2v) is 6.69. The maximum absolute atomic E-state index is 5.91. The van der Waals surface area contributed by atoms with Gasteiger partial charge >= 0.3 is 0 Å². The van der Waals surface area contributed by atoms with E-state index in [0.29, 0.717) is 12.1 Å². The molecular formula is C16H23NOS. The normalized spacial score (nSPS) is 25.8. The van der Waals surface area contributed by atoms with Crippen LogP contribution in [-0.2, 0) is 4.74 Å². The van der Waals surface area contributed by atoms with Crippen LogP contribution in [0.5, 0.6) is 0 Å². The molecule has 1 aliphatic carbocycles. The molecular weight excluding hydrogens is 254 g/mol. The maximum atomic E-state index is 5.91. The van der Waals surface area contributed by atoms with Crippen molar-refractivity contribution >= 4 is 11.8 Å². The van der Waals surface area contributed by atoms with Gasteiger partial charge in [0.1, 0.15) is 0 Å². The molecule has 104 valence electrons. The Balaban J connectivity index is 1.71. The summed E-state index contributed by atoms with van der Waals surface area (Å²) >= 11 is 2.00. The number of thioether (sulfide) groups is 1. The zero-order valence-corrected chi connectivity index (χ0v) is 12.4. The van der Waals surface area contributed by atoms with Gasteiger partial charge in [-0.3, -0.25) is 0 Å². The molecule has 0 amide bonds. The second kappa shape index (κ2) is 6.29. The van der Waals surface area contributed by atoms with E-state index >= 15 is 0 Å². The minimum Gasteiger partial charge on any atom is -0.375 e. The van der Waals surface area contributed by atoms with Crippen molar-refractivity contribution in [2.45, 2.75) is 37.3 Å². The third-order valence-corrected chi connectivity index (χ3v) is 5.42. The Hall–Kier alpha value is -0.510. The molecule has 19 heavy (non-hydrogen) atoms. The average molecular weight is 277 g/mol. The van der Waals surface area contributed by atoms with E-state index in [1.807, 2.05) is 18.8 Å². The Morgan fingerprint density at radius 3 is 2.58 bits per heavy atom. The average Bonchev–Trinajstić information content (AvgIpc) is 2.41. The van der Waals surface area contributed by atoms with E-state index in [0.717, 1.165) is 24.0 Å². The molecule has 1 heterocycles. The molecule has 1 aromatic carbocycles. The molecule has 0 spiro atoms. The Kier molecular flexibility index (Phi) is 4.46. The van der Waals surface area contributed by atoms with Gasteiger partial charge in [-0.1, -0.05) is 30.7 Å². The Bertz CT molecular complexity index is 396. The summed E-state index contributed by atoms with van der Waals surface area (Å²) in [5, 5.41) is 3.43. The molecule has 3 rings (SSSR count). The number of hydrogen-bond acceptors (Lipinski definition) is 3. The lowest BCUT2D eigenvalue weighted by Crippen LogP contribution is -2.36. The smallest absolute Gasteiger partial charge is 0.0860 e. The fraction of sp³-hybridized carbons (Fsp3) is 0.625. The molecule has 2 unspecified atom stereocenters. The predicted molar refractivity (Wildman–Crippen MR) is 81.9 cm³/mol. The van der Waals surface area contributed by atoms with E-state index in [9.17, 15) is 0 Å². The van der Waals surface area contributed by atoms with Crippen LogP contribution in [0.3, 0.4) is 0 Å². The second-order valence-electron chi connectivity index (χ2n) is 5.54.